The molecule has 0 bridgehead atoms. The summed E-state index contributed by atoms with van der Waals surface area (Å²) in [6, 6.07) is 7.00. The average molecular weight is 331 g/mol. The van der Waals surface area contributed by atoms with E-state index in [0.717, 1.165) is 11.4 Å². The van der Waals surface area contributed by atoms with Gasteiger partial charge in [-0.1, -0.05) is 32.9 Å². The first-order valence-corrected chi connectivity index (χ1v) is 8.46. The quantitative estimate of drug-likeness (QED) is 0.853. The summed E-state index contributed by atoms with van der Waals surface area (Å²) < 4.78 is 0. The molecule has 0 aliphatic carbocycles. The monoisotopic (exact) mass is 331 g/mol. The molecule has 0 spiro atoms. The van der Waals surface area contributed by atoms with E-state index < -0.39 is 0 Å². The van der Waals surface area contributed by atoms with Gasteiger partial charge >= 0.3 is 0 Å². The summed E-state index contributed by atoms with van der Waals surface area (Å²) in [6.45, 7) is 6.65. The normalized spacial score (nSPS) is 10.6. The summed E-state index contributed by atoms with van der Waals surface area (Å²) in [5.41, 5.74) is 0.965. The molecule has 0 fully saturated rings. The second-order valence-corrected chi connectivity index (χ2v) is 6.69. The highest BCUT2D eigenvalue weighted by Crippen LogP contribution is 2.19. The molecule has 0 aliphatic rings. The largest absolute Gasteiger partial charge is 0.352 e. The zero-order chi connectivity index (χ0) is 16.8. The van der Waals surface area contributed by atoms with Crippen LogP contribution in [0.15, 0.2) is 30.5 Å². The van der Waals surface area contributed by atoms with Crippen molar-refractivity contribution in [2.24, 2.45) is 5.92 Å². The smallest absolute Gasteiger partial charge is 0.267 e. The van der Waals surface area contributed by atoms with Gasteiger partial charge < -0.3 is 10.6 Å². The van der Waals surface area contributed by atoms with Gasteiger partial charge in [0.1, 0.15) is 4.88 Å². The number of benzene rings is 1. The number of carbonyl (C=O) groups excluding carboxylic acids is 2. The predicted octanol–water partition coefficient (Wildman–Crippen LogP) is 3.34. The molecule has 0 saturated carbocycles. The minimum atomic E-state index is -0.244. The summed E-state index contributed by atoms with van der Waals surface area (Å²) in [5.74, 6) is -0.0650. The zero-order valence-corrected chi connectivity index (χ0v) is 14.4. The molecular formula is C17H21N3O2S. The van der Waals surface area contributed by atoms with Gasteiger partial charge in [-0.2, -0.15) is 0 Å². The Morgan fingerprint density at radius 3 is 2.61 bits per heavy atom. The molecule has 0 unspecified atom stereocenters. The number of rotatable bonds is 6. The van der Waals surface area contributed by atoms with Crippen molar-refractivity contribution in [3.63, 3.8) is 0 Å². The zero-order valence-electron chi connectivity index (χ0n) is 13.6. The van der Waals surface area contributed by atoms with Crippen LogP contribution in [0.4, 0.5) is 5.69 Å². The Morgan fingerprint density at radius 2 is 1.96 bits per heavy atom. The second-order valence-electron chi connectivity index (χ2n) is 5.58. The fraction of sp³-hybridized carbons (Fsp3) is 0.353. The van der Waals surface area contributed by atoms with E-state index in [4.69, 9.17) is 0 Å². The fourth-order valence-corrected chi connectivity index (χ4v) is 2.70. The van der Waals surface area contributed by atoms with Gasteiger partial charge in [0.2, 0.25) is 0 Å². The lowest BCUT2D eigenvalue weighted by Crippen LogP contribution is -2.28. The van der Waals surface area contributed by atoms with Gasteiger partial charge in [0.15, 0.2) is 0 Å². The number of thiazole rings is 1. The summed E-state index contributed by atoms with van der Waals surface area (Å²) in [7, 11) is 0. The van der Waals surface area contributed by atoms with E-state index in [1.165, 1.54) is 11.3 Å². The van der Waals surface area contributed by atoms with Crippen molar-refractivity contribution in [2.45, 2.75) is 27.2 Å². The number of amides is 2. The molecule has 2 aromatic rings. The van der Waals surface area contributed by atoms with Crippen molar-refractivity contribution in [2.75, 3.05) is 11.9 Å². The number of nitrogens with one attached hydrogen (secondary N) is 2. The molecule has 0 aliphatic heterocycles. The van der Waals surface area contributed by atoms with Crippen molar-refractivity contribution < 1.29 is 9.59 Å². The minimum Gasteiger partial charge on any atom is -0.352 e. The summed E-state index contributed by atoms with van der Waals surface area (Å²) in [6.07, 6.45) is 2.37. The summed E-state index contributed by atoms with van der Waals surface area (Å²) >= 11 is 1.36. The van der Waals surface area contributed by atoms with Crippen LogP contribution in [0.5, 0.6) is 0 Å². The number of hydrogen-bond donors (Lipinski definition) is 2. The highest BCUT2D eigenvalue weighted by atomic mass is 32.1. The molecular weight excluding hydrogens is 310 g/mol. The molecule has 0 atom stereocenters. The third kappa shape index (κ3) is 4.63. The molecule has 2 amide bonds. The average Bonchev–Trinajstić information content (AvgIpc) is 3.02. The first-order chi connectivity index (χ1) is 11.0. The SMILES string of the molecule is CCc1ncc(C(=O)Nc2ccccc2C(=O)NCC(C)C)s1. The third-order valence-electron chi connectivity index (χ3n) is 3.17. The van der Waals surface area contributed by atoms with Crippen LogP contribution in [0.3, 0.4) is 0 Å². The van der Waals surface area contributed by atoms with E-state index >= 15 is 0 Å². The van der Waals surface area contributed by atoms with Crippen molar-refractivity contribution in [3.05, 3.63) is 45.9 Å². The number of carbonyl (C=O) groups is 2. The van der Waals surface area contributed by atoms with Gasteiger partial charge in [-0.15, -0.1) is 11.3 Å². The highest BCUT2D eigenvalue weighted by molar-refractivity contribution is 7.13. The molecule has 1 aromatic carbocycles. The number of aryl methyl sites for hydroxylation is 1. The highest BCUT2D eigenvalue weighted by Gasteiger charge is 2.15. The molecule has 23 heavy (non-hydrogen) atoms. The van der Waals surface area contributed by atoms with Crippen molar-refractivity contribution >= 4 is 28.8 Å². The lowest BCUT2D eigenvalue weighted by atomic mass is 10.1. The number of para-hydroxylation sites is 1. The number of nitrogens with zero attached hydrogens (tertiary/aromatic N) is 1. The Labute approximate surface area is 140 Å². The van der Waals surface area contributed by atoms with Gasteiger partial charge in [0, 0.05) is 6.54 Å². The molecule has 6 heteroatoms. The van der Waals surface area contributed by atoms with E-state index in [9.17, 15) is 9.59 Å². The molecule has 1 heterocycles. The standard InChI is InChI=1S/C17H21N3O2S/c1-4-15-18-10-14(23-15)17(22)20-13-8-6-5-7-12(13)16(21)19-9-11(2)3/h5-8,10-11H,4,9H2,1-3H3,(H,19,21)(H,20,22). The molecule has 2 N–H and O–H groups in total. The number of hydrogen-bond acceptors (Lipinski definition) is 4. The van der Waals surface area contributed by atoms with E-state index in [1.807, 2.05) is 20.8 Å². The molecule has 122 valence electrons. The van der Waals surface area contributed by atoms with Crippen LogP contribution in [-0.4, -0.2) is 23.3 Å². The van der Waals surface area contributed by atoms with Crippen LogP contribution in [0.1, 0.15) is 45.8 Å². The van der Waals surface area contributed by atoms with Gasteiger partial charge in [-0.25, -0.2) is 4.98 Å². The van der Waals surface area contributed by atoms with Crippen LogP contribution in [-0.2, 0) is 6.42 Å². The topological polar surface area (TPSA) is 71.1 Å². The van der Waals surface area contributed by atoms with Crippen molar-refractivity contribution in [3.8, 4) is 0 Å². The summed E-state index contributed by atoms with van der Waals surface area (Å²) in [5, 5.41) is 6.58. The van der Waals surface area contributed by atoms with Gasteiger partial charge in [0.25, 0.3) is 11.8 Å². The Balaban J connectivity index is 2.13. The Bertz CT molecular complexity index is 695. The van der Waals surface area contributed by atoms with Crippen LogP contribution < -0.4 is 10.6 Å². The van der Waals surface area contributed by atoms with E-state index in [0.29, 0.717) is 28.6 Å². The first kappa shape index (κ1) is 17.1. The van der Waals surface area contributed by atoms with Crippen LogP contribution in [0.25, 0.3) is 0 Å². The van der Waals surface area contributed by atoms with Crippen LogP contribution in [0, 0.1) is 5.92 Å². The third-order valence-corrected chi connectivity index (χ3v) is 4.31. The Morgan fingerprint density at radius 1 is 1.22 bits per heavy atom. The van der Waals surface area contributed by atoms with Crippen molar-refractivity contribution in [1.82, 2.24) is 10.3 Å². The molecule has 0 saturated heterocycles. The second kappa shape index (κ2) is 7.87. The van der Waals surface area contributed by atoms with E-state index in [-0.39, 0.29) is 11.8 Å². The Hall–Kier alpha value is -2.21. The van der Waals surface area contributed by atoms with Crippen molar-refractivity contribution in [1.29, 1.82) is 0 Å². The minimum absolute atomic E-state index is 0.187. The summed E-state index contributed by atoms with van der Waals surface area (Å²) in [4.78, 5) is 29.3. The van der Waals surface area contributed by atoms with Crippen LogP contribution in [0.2, 0.25) is 0 Å². The Kier molecular flexibility index (Phi) is 5.87. The number of anilines is 1. The predicted molar refractivity (Wildman–Crippen MR) is 93.1 cm³/mol. The lowest BCUT2D eigenvalue weighted by Gasteiger charge is -2.12. The first-order valence-electron chi connectivity index (χ1n) is 7.64. The maximum Gasteiger partial charge on any atom is 0.267 e. The number of aromatic nitrogens is 1. The lowest BCUT2D eigenvalue weighted by molar-refractivity contribution is 0.0950. The van der Waals surface area contributed by atoms with Gasteiger partial charge in [-0.3, -0.25) is 9.59 Å². The molecule has 1 aromatic heterocycles. The maximum atomic E-state index is 12.3. The molecule has 0 radical (unpaired) electrons. The van der Waals surface area contributed by atoms with E-state index in [1.54, 1.807) is 30.5 Å². The van der Waals surface area contributed by atoms with Gasteiger partial charge in [-0.05, 0) is 24.5 Å². The van der Waals surface area contributed by atoms with Crippen LogP contribution >= 0.6 is 11.3 Å². The van der Waals surface area contributed by atoms with E-state index in [2.05, 4.69) is 15.6 Å². The molecule has 2 rings (SSSR count). The van der Waals surface area contributed by atoms with Gasteiger partial charge in [0.05, 0.1) is 22.5 Å². The molecule has 5 nitrogen and oxygen atoms in total. The fourth-order valence-electron chi connectivity index (χ4n) is 1.94. The maximum absolute atomic E-state index is 12.3.